The molecule has 128 valence electrons. The van der Waals surface area contributed by atoms with Gasteiger partial charge in [-0.2, -0.15) is 0 Å². The van der Waals surface area contributed by atoms with Crippen LogP contribution in [0.1, 0.15) is 16.7 Å². The van der Waals surface area contributed by atoms with Crippen molar-refractivity contribution in [3.05, 3.63) is 74.1 Å². The summed E-state index contributed by atoms with van der Waals surface area (Å²) < 4.78 is 1.48. The predicted molar refractivity (Wildman–Crippen MR) is 100 cm³/mol. The average Bonchev–Trinajstić information content (AvgIpc) is 2.57. The maximum atomic E-state index is 12.0. The quantitative estimate of drug-likeness (QED) is 0.785. The van der Waals surface area contributed by atoms with Crippen LogP contribution in [0.2, 0.25) is 0 Å². The lowest BCUT2D eigenvalue weighted by Crippen LogP contribution is -2.31. The van der Waals surface area contributed by atoms with E-state index in [-0.39, 0.29) is 5.56 Å². The number of nitrogens with zero attached hydrogens (tertiary/aromatic N) is 2. The number of benzene rings is 1. The molecule has 0 saturated heterocycles. The highest BCUT2D eigenvalue weighted by atomic mass is 32.2. The van der Waals surface area contributed by atoms with E-state index in [0.717, 1.165) is 26.6 Å². The van der Waals surface area contributed by atoms with E-state index >= 15 is 0 Å². The van der Waals surface area contributed by atoms with E-state index in [2.05, 4.69) is 16.0 Å². The highest BCUT2D eigenvalue weighted by molar-refractivity contribution is 7.99. The van der Waals surface area contributed by atoms with Gasteiger partial charge in [-0.3, -0.25) is 14.3 Å². The molecule has 0 amide bonds. The number of aromatic amines is 1. The number of hydrogen-bond donors (Lipinski definition) is 1. The van der Waals surface area contributed by atoms with Gasteiger partial charge in [0.05, 0.1) is 5.69 Å². The summed E-state index contributed by atoms with van der Waals surface area (Å²) in [6.45, 7) is 5.74. The molecule has 0 bridgehead atoms. The number of aryl methyl sites for hydroxylation is 2. The fourth-order valence-electron chi connectivity index (χ4n) is 2.77. The summed E-state index contributed by atoms with van der Waals surface area (Å²) in [7, 11) is 1.67. The van der Waals surface area contributed by atoms with E-state index in [1.54, 1.807) is 31.9 Å². The zero-order valence-electron chi connectivity index (χ0n) is 14.6. The van der Waals surface area contributed by atoms with Crippen LogP contribution in [0.4, 0.5) is 0 Å². The first-order chi connectivity index (χ1) is 11.9. The molecule has 0 aliphatic rings. The zero-order valence-corrected chi connectivity index (χ0v) is 15.4. The predicted octanol–water partition coefficient (Wildman–Crippen LogP) is 3.21. The summed E-state index contributed by atoms with van der Waals surface area (Å²) in [4.78, 5) is 31.7. The molecule has 3 rings (SSSR count). The third-order valence-electron chi connectivity index (χ3n) is 4.19. The Bertz CT molecular complexity index is 1030. The van der Waals surface area contributed by atoms with E-state index in [4.69, 9.17) is 0 Å². The fourth-order valence-corrected chi connectivity index (χ4v) is 3.71. The number of H-pyrrole nitrogens is 1. The Morgan fingerprint density at radius 1 is 1.08 bits per heavy atom. The molecule has 6 heteroatoms. The zero-order chi connectivity index (χ0) is 18.1. The van der Waals surface area contributed by atoms with Gasteiger partial charge in [0.15, 0.2) is 0 Å². The van der Waals surface area contributed by atoms with Crippen molar-refractivity contribution in [2.45, 2.75) is 30.7 Å². The van der Waals surface area contributed by atoms with Crippen LogP contribution >= 0.6 is 11.8 Å². The van der Waals surface area contributed by atoms with Gasteiger partial charge in [-0.25, -0.2) is 9.78 Å². The van der Waals surface area contributed by atoms with Gasteiger partial charge < -0.3 is 0 Å². The van der Waals surface area contributed by atoms with E-state index in [0.29, 0.717) is 11.3 Å². The second-order valence-electron chi connectivity index (χ2n) is 6.00. The first-order valence-corrected chi connectivity index (χ1v) is 8.70. The van der Waals surface area contributed by atoms with Crippen LogP contribution in [0, 0.1) is 20.8 Å². The Morgan fingerprint density at radius 3 is 2.52 bits per heavy atom. The molecule has 0 aliphatic carbocycles. The van der Waals surface area contributed by atoms with Gasteiger partial charge in [0.25, 0.3) is 5.56 Å². The van der Waals surface area contributed by atoms with Crippen LogP contribution in [0.25, 0.3) is 11.3 Å². The smallest absolute Gasteiger partial charge is 0.296 e. The molecular weight excluding hydrogens is 334 g/mol. The molecule has 0 aliphatic heterocycles. The van der Waals surface area contributed by atoms with Gasteiger partial charge in [-0.1, -0.05) is 23.9 Å². The van der Waals surface area contributed by atoms with Crippen molar-refractivity contribution in [3.63, 3.8) is 0 Å². The summed E-state index contributed by atoms with van der Waals surface area (Å²) in [5.74, 6) is 0. The molecule has 2 aromatic heterocycles. The highest BCUT2D eigenvalue weighted by Gasteiger charge is 2.14. The van der Waals surface area contributed by atoms with Crippen LogP contribution in [0.5, 0.6) is 0 Å². The standard InChI is InChI=1S/C19H19N3O2S/c1-11-6-5-9-20-18(11)25-14-7-8-15(12(2)10-14)16-13(3)17(23)21-19(24)22(16)4/h5-10H,1-4H3,(H,21,23,24). The Kier molecular flexibility index (Phi) is 4.63. The van der Waals surface area contributed by atoms with E-state index in [9.17, 15) is 9.59 Å². The molecule has 1 N–H and O–H groups in total. The van der Waals surface area contributed by atoms with E-state index in [1.165, 1.54) is 4.57 Å². The van der Waals surface area contributed by atoms with Crippen molar-refractivity contribution in [3.8, 4) is 11.3 Å². The summed E-state index contributed by atoms with van der Waals surface area (Å²) >= 11 is 1.60. The van der Waals surface area contributed by atoms with E-state index < -0.39 is 5.69 Å². The summed E-state index contributed by atoms with van der Waals surface area (Å²) in [6, 6.07) is 9.96. The number of nitrogens with one attached hydrogen (secondary N) is 1. The minimum Gasteiger partial charge on any atom is -0.296 e. The lowest BCUT2D eigenvalue weighted by atomic mass is 10.0. The van der Waals surface area contributed by atoms with Gasteiger partial charge >= 0.3 is 5.69 Å². The molecule has 1 aromatic carbocycles. The molecule has 0 fully saturated rings. The highest BCUT2D eigenvalue weighted by Crippen LogP contribution is 2.32. The second kappa shape index (κ2) is 6.72. The Balaban J connectivity index is 2.06. The van der Waals surface area contributed by atoms with Gasteiger partial charge in [0.2, 0.25) is 0 Å². The summed E-state index contributed by atoms with van der Waals surface area (Å²) in [5.41, 5.74) is 3.44. The largest absolute Gasteiger partial charge is 0.328 e. The SMILES string of the molecule is Cc1cc(Sc2ncccc2C)ccc1-c1c(C)c(=O)[nH]c(=O)n1C. The molecule has 2 heterocycles. The van der Waals surface area contributed by atoms with Crippen molar-refractivity contribution < 1.29 is 0 Å². The minimum atomic E-state index is -0.410. The number of rotatable bonds is 3. The average molecular weight is 353 g/mol. The fraction of sp³-hybridized carbons (Fsp3) is 0.211. The normalized spacial score (nSPS) is 10.9. The first-order valence-electron chi connectivity index (χ1n) is 7.89. The van der Waals surface area contributed by atoms with Crippen molar-refractivity contribution in [2.75, 3.05) is 0 Å². The Morgan fingerprint density at radius 2 is 1.84 bits per heavy atom. The van der Waals surface area contributed by atoms with Crippen molar-refractivity contribution >= 4 is 11.8 Å². The van der Waals surface area contributed by atoms with Crippen LogP contribution in [-0.4, -0.2) is 14.5 Å². The van der Waals surface area contributed by atoms with Gasteiger partial charge in [-0.15, -0.1) is 0 Å². The second-order valence-corrected chi connectivity index (χ2v) is 7.06. The lowest BCUT2D eigenvalue weighted by Gasteiger charge is -2.14. The monoisotopic (exact) mass is 353 g/mol. The van der Waals surface area contributed by atoms with Crippen molar-refractivity contribution in [1.29, 1.82) is 0 Å². The molecule has 0 unspecified atom stereocenters. The number of aromatic nitrogens is 3. The number of hydrogen-bond acceptors (Lipinski definition) is 4. The molecule has 25 heavy (non-hydrogen) atoms. The summed E-state index contributed by atoms with van der Waals surface area (Å²) in [5, 5.41) is 0.967. The van der Waals surface area contributed by atoms with Crippen LogP contribution < -0.4 is 11.2 Å². The molecule has 5 nitrogen and oxygen atoms in total. The molecule has 3 aromatic rings. The maximum Gasteiger partial charge on any atom is 0.328 e. The van der Waals surface area contributed by atoms with Crippen LogP contribution in [-0.2, 0) is 7.05 Å². The molecule has 0 atom stereocenters. The summed E-state index contributed by atoms with van der Waals surface area (Å²) in [6.07, 6.45) is 1.78. The topological polar surface area (TPSA) is 67.8 Å². The van der Waals surface area contributed by atoms with Gasteiger partial charge in [0, 0.05) is 29.3 Å². The molecule has 0 radical (unpaired) electrons. The van der Waals surface area contributed by atoms with Crippen LogP contribution in [0.15, 0.2) is 56.0 Å². The Hall–Kier alpha value is -2.60. The van der Waals surface area contributed by atoms with Gasteiger partial charge in [-0.05, 0) is 50.1 Å². The first kappa shape index (κ1) is 17.2. The van der Waals surface area contributed by atoms with Crippen molar-refractivity contribution in [1.82, 2.24) is 14.5 Å². The van der Waals surface area contributed by atoms with E-state index in [1.807, 2.05) is 38.1 Å². The third-order valence-corrected chi connectivity index (χ3v) is 5.30. The van der Waals surface area contributed by atoms with Crippen molar-refractivity contribution in [2.24, 2.45) is 7.05 Å². The molecule has 0 spiro atoms. The van der Waals surface area contributed by atoms with Gasteiger partial charge in [0.1, 0.15) is 5.03 Å². The molecule has 0 saturated carbocycles. The maximum absolute atomic E-state index is 12.0. The Labute approximate surface area is 149 Å². The lowest BCUT2D eigenvalue weighted by molar-refractivity contribution is 0.798. The van der Waals surface area contributed by atoms with Crippen LogP contribution in [0.3, 0.4) is 0 Å². The molecular formula is C19H19N3O2S. The number of pyridine rings is 1. The minimum absolute atomic E-state index is 0.347. The third kappa shape index (κ3) is 3.30.